The Morgan fingerprint density at radius 3 is 3.09 bits per heavy atom. The smallest absolute Gasteiger partial charge is 0.262 e. The maximum Gasteiger partial charge on any atom is 0.262 e. The molecule has 0 spiro atoms. The highest BCUT2D eigenvalue weighted by Crippen LogP contribution is 2.12. The number of aromatic amines is 1. The van der Waals surface area contributed by atoms with E-state index in [0.29, 0.717) is 29.9 Å². The molecule has 0 radical (unpaired) electrons. The summed E-state index contributed by atoms with van der Waals surface area (Å²) in [4.78, 5) is 15.5. The van der Waals surface area contributed by atoms with Crippen molar-refractivity contribution in [2.75, 3.05) is 19.8 Å². The molecule has 3 rings (SSSR count). The van der Waals surface area contributed by atoms with Gasteiger partial charge in [-0.25, -0.2) is 0 Å². The number of hydrogen-bond acceptors (Lipinski definition) is 4. The highest BCUT2D eigenvalue weighted by molar-refractivity contribution is 7.71. The zero-order chi connectivity index (χ0) is 15.4. The summed E-state index contributed by atoms with van der Waals surface area (Å²) in [6.07, 6.45) is 3.19. The van der Waals surface area contributed by atoms with Gasteiger partial charge in [-0.3, -0.25) is 9.36 Å². The maximum atomic E-state index is 12.4. The molecule has 0 saturated carbocycles. The highest BCUT2D eigenvalue weighted by Gasteiger charge is 2.15. The van der Waals surface area contributed by atoms with Crippen LogP contribution in [0.5, 0.6) is 0 Å². The number of nitrogens with zero attached hydrogens (tertiary/aromatic N) is 1. The Kier molecular flexibility index (Phi) is 5.02. The number of hydrogen-bond donors (Lipinski definition) is 1. The molecule has 0 aliphatic carbocycles. The van der Waals surface area contributed by atoms with Gasteiger partial charge in [-0.05, 0) is 43.6 Å². The van der Waals surface area contributed by atoms with E-state index in [1.807, 2.05) is 24.3 Å². The third-order valence-electron chi connectivity index (χ3n) is 3.89. The van der Waals surface area contributed by atoms with E-state index in [9.17, 15) is 4.79 Å². The van der Waals surface area contributed by atoms with Gasteiger partial charge < -0.3 is 14.5 Å². The van der Waals surface area contributed by atoms with Gasteiger partial charge in [-0.2, -0.15) is 0 Å². The molecule has 0 unspecified atom stereocenters. The van der Waals surface area contributed by atoms with Crippen LogP contribution in [0.25, 0.3) is 10.9 Å². The van der Waals surface area contributed by atoms with Gasteiger partial charge in [0, 0.05) is 19.8 Å². The van der Waals surface area contributed by atoms with Crippen molar-refractivity contribution in [1.82, 2.24) is 9.55 Å². The quantitative estimate of drug-likeness (QED) is 0.657. The molecule has 1 N–H and O–H groups in total. The maximum absolute atomic E-state index is 12.4. The lowest BCUT2D eigenvalue weighted by molar-refractivity contribution is 0.0157. The Hall–Kier alpha value is -1.50. The van der Waals surface area contributed by atoms with Crippen molar-refractivity contribution in [3.63, 3.8) is 0 Å². The summed E-state index contributed by atoms with van der Waals surface area (Å²) in [6.45, 7) is 2.65. The topological polar surface area (TPSA) is 56.2 Å². The first-order valence-electron chi connectivity index (χ1n) is 7.67. The van der Waals surface area contributed by atoms with E-state index in [0.717, 1.165) is 31.4 Å². The van der Waals surface area contributed by atoms with Gasteiger partial charge in [0.1, 0.15) is 0 Å². The molecule has 1 aromatic carbocycles. The predicted molar refractivity (Wildman–Crippen MR) is 87.8 cm³/mol. The lowest BCUT2D eigenvalue weighted by atomic mass is 10.2. The number of fused-ring (bicyclic) bond motifs is 1. The summed E-state index contributed by atoms with van der Waals surface area (Å²) in [5.74, 6) is 0. The van der Waals surface area contributed by atoms with E-state index in [1.54, 1.807) is 4.57 Å². The first-order chi connectivity index (χ1) is 10.8. The Bertz CT molecular complexity index is 747. The molecule has 2 heterocycles. The molecule has 5 nitrogen and oxygen atoms in total. The van der Waals surface area contributed by atoms with Crippen LogP contribution < -0.4 is 5.56 Å². The summed E-state index contributed by atoms with van der Waals surface area (Å²) < 4.78 is 13.2. The van der Waals surface area contributed by atoms with Gasteiger partial charge in [0.05, 0.1) is 23.6 Å². The van der Waals surface area contributed by atoms with Crippen LogP contribution in [0.4, 0.5) is 0 Å². The number of ether oxygens (including phenoxy) is 2. The minimum Gasteiger partial charge on any atom is -0.379 e. The molecule has 6 heteroatoms. The van der Waals surface area contributed by atoms with E-state index in [2.05, 4.69) is 4.98 Å². The lowest BCUT2D eigenvalue weighted by Gasteiger charge is -2.11. The van der Waals surface area contributed by atoms with Gasteiger partial charge in [0.2, 0.25) is 0 Å². The van der Waals surface area contributed by atoms with Crippen LogP contribution >= 0.6 is 12.2 Å². The normalized spacial score (nSPS) is 18.1. The van der Waals surface area contributed by atoms with Gasteiger partial charge in [-0.15, -0.1) is 0 Å². The van der Waals surface area contributed by atoms with Crippen LogP contribution in [0, 0.1) is 4.77 Å². The summed E-state index contributed by atoms with van der Waals surface area (Å²) in [7, 11) is 0. The molecular formula is C16H20N2O3S. The Balaban J connectivity index is 1.59. The Morgan fingerprint density at radius 1 is 1.41 bits per heavy atom. The van der Waals surface area contributed by atoms with Crippen molar-refractivity contribution in [1.29, 1.82) is 0 Å². The highest BCUT2D eigenvalue weighted by atomic mass is 32.1. The average Bonchev–Trinajstić information content (AvgIpc) is 3.03. The molecule has 1 aromatic heterocycles. The van der Waals surface area contributed by atoms with Crippen LogP contribution in [0.1, 0.15) is 19.3 Å². The van der Waals surface area contributed by atoms with Crippen LogP contribution in [-0.4, -0.2) is 35.5 Å². The Labute approximate surface area is 133 Å². The molecular weight excluding hydrogens is 300 g/mol. The van der Waals surface area contributed by atoms with Crippen molar-refractivity contribution in [3.05, 3.63) is 39.4 Å². The molecule has 1 atom stereocenters. The number of benzene rings is 1. The standard InChI is InChI=1S/C16H20N2O3S/c19-15-13-6-1-2-7-14(13)17-16(22)18(15)8-4-9-20-11-12-5-3-10-21-12/h1-2,6-7,12H,3-5,8-11H2,(H,17,22)/t12-/m0/s1. The second-order valence-electron chi connectivity index (χ2n) is 5.50. The largest absolute Gasteiger partial charge is 0.379 e. The monoisotopic (exact) mass is 320 g/mol. The average molecular weight is 320 g/mol. The van der Waals surface area contributed by atoms with Crippen LogP contribution in [0.3, 0.4) is 0 Å². The van der Waals surface area contributed by atoms with Crippen molar-refractivity contribution in [2.45, 2.75) is 31.9 Å². The zero-order valence-corrected chi connectivity index (χ0v) is 13.2. The van der Waals surface area contributed by atoms with Gasteiger partial charge in [0.15, 0.2) is 4.77 Å². The molecule has 1 saturated heterocycles. The SMILES string of the molecule is O=c1c2ccccc2[nH]c(=S)n1CCCOC[C@@H]1CCCO1. The number of rotatable bonds is 6. The van der Waals surface area contributed by atoms with E-state index in [-0.39, 0.29) is 11.7 Å². The molecule has 1 aliphatic heterocycles. The van der Waals surface area contributed by atoms with Gasteiger partial charge in [0.25, 0.3) is 5.56 Å². The fourth-order valence-electron chi connectivity index (χ4n) is 2.72. The van der Waals surface area contributed by atoms with Crippen molar-refractivity contribution in [2.24, 2.45) is 0 Å². The minimum atomic E-state index is -0.0431. The fraction of sp³-hybridized carbons (Fsp3) is 0.500. The van der Waals surface area contributed by atoms with Crippen molar-refractivity contribution < 1.29 is 9.47 Å². The van der Waals surface area contributed by atoms with Crippen LogP contribution in [-0.2, 0) is 16.0 Å². The lowest BCUT2D eigenvalue weighted by Crippen LogP contribution is -2.23. The second-order valence-corrected chi connectivity index (χ2v) is 5.88. The first-order valence-corrected chi connectivity index (χ1v) is 8.08. The van der Waals surface area contributed by atoms with Gasteiger partial charge >= 0.3 is 0 Å². The number of para-hydroxylation sites is 1. The third kappa shape index (κ3) is 3.45. The van der Waals surface area contributed by atoms with Crippen LogP contribution in [0.15, 0.2) is 29.1 Å². The molecule has 22 heavy (non-hydrogen) atoms. The number of aromatic nitrogens is 2. The summed E-state index contributed by atoms with van der Waals surface area (Å²) in [6, 6.07) is 7.42. The summed E-state index contributed by atoms with van der Waals surface area (Å²) >= 11 is 5.28. The third-order valence-corrected chi connectivity index (χ3v) is 4.21. The zero-order valence-electron chi connectivity index (χ0n) is 12.4. The minimum absolute atomic E-state index is 0.0431. The summed E-state index contributed by atoms with van der Waals surface area (Å²) in [5, 5.41) is 0.663. The molecule has 1 fully saturated rings. The van der Waals surface area contributed by atoms with Crippen LogP contribution in [0.2, 0.25) is 0 Å². The predicted octanol–water partition coefficient (Wildman–Crippen LogP) is 2.64. The molecule has 1 aliphatic rings. The van der Waals surface area contributed by atoms with E-state index in [4.69, 9.17) is 21.7 Å². The first kappa shape index (κ1) is 15.4. The number of H-pyrrole nitrogens is 1. The molecule has 118 valence electrons. The Morgan fingerprint density at radius 2 is 2.27 bits per heavy atom. The molecule has 2 aromatic rings. The van der Waals surface area contributed by atoms with Crippen molar-refractivity contribution in [3.8, 4) is 0 Å². The molecule has 0 amide bonds. The van der Waals surface area contributed by atoms with Crippen molar-refractivity contribution >= 4 is 23.1 Å². The second kappa shape index (κ2) is 7.17. The molecule has 0 bridgehead atoms. The van der Waals surface area contributed by atoms with Gasteiger partial charge in [-0.1, -0.05) is 12.1 Å². The fourth-order valence-corrected chi connectivity index (χ4v) is 3.00. The van der Waals surface area contributed by atoms with E-state index < -0.39 is 0 Å². The van der Waals surface area contributed by atoms with E-state index >= 15 is 0 Å². The van der Waals surface area contributed by atoms with E-state index in [1.165, 1.54) is 0 Å². The summed E-state index contributed by atoms with van der Waals surface area (Å²) in [5.41, 5.74) is 0.738. The number of nitrogens with one attached hydrogen (secondary N) is 1.